The Bertz CT molecular complexity index is 1730. The highest BCUT2D eigenvalue weighted by Crippen LogP contribution is 2.44. The van der Waals surface area contributed by atoms with Crippen LogP contribution in [-0.2, 0) is 11.2 Å². The first-order valence-electron chi connectivity index (χ1n) is 12.1. The van der Waals surface area contributed by atoms with Gasteiger partial charge in [0.1, 0.15) is 22.9 Å². The molecule has 3 aromatic carbocycles. The molecule has 0 bridgehead atoms. The van der Waals surface area contributed by atoms with Gasteiger partial charge in [-0.1, -0.05) is 54.1 Å². The minimum Gasteiger partial charge on any atom is -0.480 e. The Morgan fingerprint density at radius 2 is 1.78 bits per heavy atom. The van der Waals surface area contributed by atoms with Crippen LogP contribution in [0.1, 0.15) is 17.2 Å². The van der Waals surface area contributed by atoms with Crippen molar-refractivity contribution in [3.63, 3.8) is 0 Å². The molecule has 0 fully saturated rings. The molecule has 2 aromatic heterocycles. The molecule has 2 heterocycles. The van der Waals surface area contributed by atoms with Gasteiger partial charge in [0.15, 0.2) is 0 Å². The molecule has 0 aliphatic carbocycles. The van der Waals surface area contributed by atoms with Gasteiger partial charge in [0.05, 0.1) is 5.52 Å². The van der Waals surface area contributed by atoms with Crippen molar-refractivity contribution < 1.29 is 32.2 Å². The van der Waals surface area contributed by atoms with Crippen LogP contribution in [0.4, 0.5) is 17.6 Å². The molecule has 2 atom stereocenters. The van der Waals surface area contributed by atoms with E-state index in [1.807, 2.05) is 0 Å². The van der Waals surface area contributed by atoms with Gasteiger partial charge in [-0.15, -0.1) is 11.3 Å². The number of fused-ring (bicyclic) bond motifs is 1. The third-order valence-electron chi connectivity index (χ3n) is 6.32. The fraction of sp³-hybridized carbons (Fsp3) is 0.138. The smallest absolute Gasteiger partial charge is 0.429 e. The zero-order valence-corrected chi connectivity index (χ0v) is 22.5. The predicted octanol–water partition coefficient (Wildman–Crippen LogP) is 7.45. The number of carboxylic acids is 1. The van der Waals surface area contributed by atoms with E-state index in [0.717, 1.165) is 23.7 Å². The van der Waals surface area contributed by atoms with Gasteiger partial charge in [-0.05, 0) is 52.9 Å². The molecule has 6 nitrogen and oxygen atoms in total. The summed E-state index contributed by atoms with van der Waals surface area (Å²) in [7, 11) is 0. The number of aromatic nitrogens is 2. The maximum absolute atomic E-state index is 14.5. The van der Waals surface area contributed by atoms with E-state index in [1.54, 1.807) is 29.6 Å². The number of rotatable bonds is 8. The Balaban J connectivity index is 1.52. The summed E-state index contributed by atoms with van der Waals surface area (Å²) in [6, 6.07) is 15.0. The number of ether oxygens (including phenoxy) is 1. The lowest BCUT2D eigenvalue weighted by Crippen LogP contribution is -2.32. The number of aliphatic carboxylic acids is 1. The Kier molecular flexibility index (Phi) is 7.94. The molecular formula is C29H20ClF4N3O3S. The molecule has 5 aromatic rings. The number of carbonyl (C=O) groups is 1. The number of nitrogens with zero attached hydrogens (tertiary/aromatic N) is 2. The van der Waals surface area contributed by atoms with Crippen molar-refractivity contribution in [2.75, 3.05) is 0 Å². The Labute approximate surface area is 240 Å². The highest BCUT2D eigenvalue weighted by molar-refractivity contribution is 7.18. The first-order valence-corrected chi connectivity index (χ1v) is 13.4. The Morgan fingerprint density at radius 3 is 2.46 bits per heavy atom. The lowest BCUT2D eigenvalue weighted by molar-refractivity contribution is -0.198. The summed E-state index contributed by atoms with van der Waals surface area (Å²) < 4.78 is 63.3. The molecule has 0 amide bonds. The lowest BCUT2D eigenvalue weighted by atomic mass is 9.95. The molecule has 0 unspecified atom stereocenters. The monoisotopic (exact) mass is 601 g/mol. The molecule has 0 saturated carbocycles. The molecule has 41 heavy (non-hydrogen) atoms. The fourth-order valence-electron chi connectivity index (χ4n) is 4.36. The molecule has 0 radical (unpaired) electrons. The average Bonchev–Trinajstić information content (AvgIpc) is 3.37. The SMILES string of the molecule is N[C@@H](Cc1ccc(-c2csc3c(O[C@H](c4ccc(Cl)cc4-c4cccc(F)c4)C(F)(F)F)ncnc23)cc1)C(=O)O. The summed E-state index contributed by atoms with van der Waals surface area (Å²) in [6.07, 6.45) is -6.04. The normalized spacial score (nSPS) is 13.2. The predicted molar refractivity (Wildman–Crippen MR) is 148 cm³/mol. The van der Waals surface area contributed by atoms with Crippen LogP contribution >= 0.6 is 22.9 Å². The van der Waals surface area contributed by atoms with Crippen LogP contribution in [0.15, 0.2) is 78.4 Å². The zero-order chi connectivity index (χ0) is 29.3. The van der Waals surface area contributed by atoms with Crippen molar-refractivity contribution in [3.8, 4) is 28.1 Å². The molecule has 5 rings (SSSR count). The van der Waals surface area contributed by atoms with Crippen LogP contribution in [0.2, 0.25) is 5.02 Å². The molecule has 0 saturated heterocycles. The number of thiophene rings is 1. The van der Waals surface area contributed by atoms with Crippen molar-refractivity contribution >= 4 is 39.1 Å². The van der Waals surface area contributed by atoms with Crippen molar-refractivity contribution in [2.24, 2.45) is 5.73 Å². The van der Waals surface area contributed by atoms with E-state index in [-0.39, 0.29) is 34.0 Å². The van der Waals surface area contributed by atoms with Crippen molar-refractivity contribution in [3.05, 3.63) is 100 Å². The first-order chi connectivity index (χ1) is 19.5. The van der Waals surface area contributed by atoms with Crippen molar-refractivity contribution in [1.29, 1.82) is 0 Å². The van der Waals surface area contributed by atoms with Gasteiger partial charge in [0.25, 0.3) is 0 Å². The van der Waals surface area contributed by atoms with E-state index in [4.69, 9.17) is 27.2 Å². The summed E-state index contributed by atoms with van der Waals surface area (Å²) in [6.45, 7) is 0. The van der Waals surface area contributed by atoms with E-state index in [0.29, 0.717) is 26.9 Å². The number of alkyl halides is 3. The molecular weight excluding hydrogens is 582 g/mol. The number of benzene rings is 3. The van der Waals surface area contributed by atoms with Gasteiger partial charge in [-0.25, -0.2) is 14.4 Å². The summed E-state index contributed by atoms with van der Waals surface area (Å²) in [4.78, 5) is 19.3. The fourth-order valence-corrected chi connectivity index (χ4v) is 5.49. The quantitative estimate of drug-likeness (QED) is 0.179. The number of hydrogen-bond donors (Lipinski definition) is 2. The van der Waals surface area contributed by atoms with Crippen LogP contribution < -0.4 is 10.5 Å². The highest BCUT2D eigenvalue weighted by Gasteiger charge is 2.45. The largest absolute Gasteiger partial charge is 0.480 e. The summed E-state index contributed by atoms with van der Waals surface area (Å²) in [5.41, 5.74) is 8.08. The van der Waals surface area contributed by atoms with E-state index in [9.17, 15) is 22.4 Å². The molecule has 12 heteroatoms. The van der Waals surface area contributed by atoms with Gasteiger partial charge in [0, 0.05) is 21.5 Å². The van der Waals surface area contributed by atoms with E-state index < -0.39 is 30.1 Å². The van der Waals surface area contributed by atoms with E-state index in [2.05, 4.69) is 9.97 Å². The molecule has 0 spiro atoms. The van der Waals surface area contributed by atoms with Gasteiger partial charge >= 0.3 is 12.1 Å². The molecule has 0 aliphatic rings. The number of halogens is 5. The number of carboxylic acid groups (broad SMARTS) is 1. The zero-order valence-electron chi connectivity index (χ0n) is 20.9. The van der Waals surface area contributed by atoms with E-state index in [1.165, 1.54) is 36.4 Å². The molecule has 210 valence electrons. The van der Waals surface area contributed by atoms with Crippen molar-refractivity contribution in [1.82, 2.24) is 9.97 Å². The maximum Gasteiger partial charge on any atom is 0.429 e. The second-order valence-electron chi connectivity index (χ2n) is 9.13. The van der Waals surface area contributed by atoms with Crippen LogP contribution in [0.3, 0.4) is 0 Å². The summed E-state index contributed by atoms with van der Waals surface area (Å²) in [5.74, 6) is -1.99. The molecule has 0 aliphatic heterocycles. The highest BCUT2D eigenvalue weighted by atomic mass is 35.5. The van der Waals surface area contributed by atoms with Crippen LogP contribution in [0.5, 0.6) is 5.88 Å². The van der Waals surface area contributed by atoms with Crippen LogP contribution in [-0.4, -0.2) is 33.3 Å². The van der Waals surface area contributed by atoms with Crippen LogP contribution in [0.25, 0.3) is 32.5 Å². The Morgan fingerprint density at radius 1 is 1.02 bits per heavy atom. The Hall–Kier alpha value is -4.06. The number of nitrogens with two attached hydrogens (primary N) is 1. The third-order valence-corrected chi connectivity index (χ3v) is 7.51. The minimum absolute atomic E-state index is 0.0687. The second-order valence-corrected chi connectivity index (χ2v) is 10.4. The average molecular weight is 602 g/mol. The van der Waals surface area contributed by atoms with Crippen molar-refractivity contribution in [2.45, 2.75) is 24.7 Å². The van der Waals surface area contributed by atoms with Gasteiger partial charge in [-0.3, -0.25) is 4.79 Å². The van der Waals surface area contributed by atoms with Gasteiger partial charge in [-0.2, -0.15) is 13.2 Å². The standard InChI is InChI=1S/C29H20ClF4N3O3S/c30-18-8-9-20(21(12-18)17-2-1-3-19(31)11-17)26(29(32,33)34)40-27-25-24(36-14-37-27)22(13-41-25)16-6-4-15(5-7-16)10-23(35)28(38)39/h1-9,11-14,23,26H,10,35H2,(H,38,39)/t23-,26+/m0/s1. The lowest BCUT2D eigenvalue weighted by Gasteiger charge is -2.24. The summed E-state index contributed by atoms with van der Waals surface area (Å²) in [5, 5.41) is 10.9. The topological polar surface area (TPSA) is 98.3 Å². The van der Waals surface area contributed by atoms with Crippen LogP contribution in [0, 0.1) is 5.82 Å². The van der Waals surface area contributed by atoms with E-state index >= 15 is 0 Å². The maximum atomic E-state index is 14.5. The third kappa shape index (κ3) is 6.17. The number of hydrogen-bond acceptors (Lipinski definition) is 6. The first kappa shape index (κ1) is 28.5. The minimum atomic E-state index is -4.86. The summed E-state index contributed by atoms with van der Waals surface area (Å²) >= 11 is 7.23. The van der Waals surface area contributed by atoms with Gasteiger partial charge in [0.2, 0.25) is 12.0 Å². The second kappa shape index (κ2) is 11.4. The van der Waals surface area contributed by atoms with Gasteiger partial charge < -0.3 is 15.6 Å². The molecule has 3 N–H and O–H groups in total.